The predicted molar refractivity (Wildman–Crippen MR) is 200 cm³/mol. The lowest BCUT2D eigenvalue weighted by Crippen LogP contribution is -2.62. The first-order valence-corrected chi connectivity index (χ1v) is 17.8. The number of unbranched alkanes of at least 4 members (excludes halogenated alkanes) is 1. The second-order valence-corrected chi connectivity index (χ2v) is 12.4. The first kappa shape index (κ1) is 44.0. The van der Waals surface area contributed by atoms with Crippen molar-refractivity contribution in [3.8, 4) is 34.5 Å². The largest absolute Gasteiger partial charge is 0.504 e. The predicted octanol–water partition coefficient (Wildman–Crippen LogP) is 0.233. The number of carboxylic acids is 1. The zero-order valence-corrected chi connectivity index (χ0v) is 31.1. The molecule has 312 valence electrons. The van der Waals surface area contributed by atoms with Crippen LogP contribution in [0.25, 0.3) is 0 Å². The number of hydrogen-bond acceptors (Lipinski definition) is 17. The summed E-state index contributed by atoms with van der Waals surface area (Å²) in [6.07, 6.45) is -10.9. The fraction of sp³-hybridized carbons (Fsp3) is 0.432. The number of nitrogens with zero attached hydrogens (tertiary/aromatic N) is 1. The lowest BCUT2D eigenvalue weighted by atomic mass is 9.98. The number of guanidine groups is 1. The van der Waals surface area contributed by atoms with E-state index in [2.05, 4.69) is 15.6 Å². The SMILES string of the molecule is CCNc1cc(O[C@@H]2O[C@H]([C@@H](O)OC(=O)c3cc(OC)c(O)c(OCCc4ccccc4)c3O)[C@@H](O)[C@H](O)[C@H]2O)c(OCN=C(N)NCCCCO)cc1C(=O)O. The molecule has 1 heterocycles. The van der Waals surface area contributed by atoms with E-state index in [0.29, 0.717) is 25.8 Å². The molecule has 1 aliphatic rings. The number of aromatic hydroxyl groups is 2. The van der Waals surface area contributed by atoms with Gasteiger partial charge in [0.2, 0.25) is 24.1 Å². The standard InChI is InChI=1S/C37H48N4O16/c1-3-39-22-17-24(23(15-20(22)33(48)49)54-18-41-37(38)40-12-7-8-13-42)55-36-30(47)28(45)29(46)32(56-36)35(51)57-34(50)21-16-25(52-2)27(44)31(26(21)43)53-14-11-19-9-5-4-6-10-19/h4-6,9-10,15-17,28-30,32,35-36,39,42-47,51H,3,7-8,11-14,18H2,1-2H3,(H,48,49)(H3,38,40,41)/t28-,29-,30+,32-,35-,36+/m0/s1. The van der Waals surface area contributed by atoms with Crippen molar-refractivity contribution in [2.24, 2.45) is 10.7 Å². The van der Waals surface area contributed by atoms with E-state index in [9.17, 15) is 45.3 Å². The number of aliphatic hydroxyl groups excluding tert-OH is 5. The van der Waals surface area contributed by atoms with Crippen LogP contribution in [0, 0.1) is 0 Å². The molecule has 0 bridgehead atoms. The second-order valence-electron chi connectivity index (χ2n) is 12.4. The number of aliphatic hydroxyl groups is 5. The van der Waals surface area contributed by atoms with Crippen LogP contribution in [0.2, 0.25) is 0 Å². The number of aromatic carboxylic acids is 1. The van der Waals surface area contributed by atoms with E-state index >= 15 is 0 Å². The van der Waals surface area contributed by atoms with Crippen molar-refractivity contribution in [3.05, 3.63) is 65.2 Å². The van der Waals surface area contributed by atoms with Crippen molar-refractivity contribution in [3.63, 3.8) is 0 Å². The van der Waals surface area contributed by atoms with Crippen LogP contribution in [0.1, 0.15) is 46.0 Å². The number of benzene rings is 3. The number of phenolic OH excluding ortho intramolecular Hbond substituents is 2. The Bertz CT molecular complexity index is 1830. The van der Waals surface area contributed by atoms with Gasteiger partial charge in [-0.05, 0) is 25.3 Å². The highest BCUT2D eigenvalue weighted by Crippen LogP contribution is 2.46. The van der Waals surface area contributed by atoms with Crippen LogP contribution < -0.4 is 35.3 Å². The number of anilines is 1. The number of esters is 1. The van der Waals surface area contributed by atoms with Crippen LogP contribution in [0.15, 0.2) is 53.5 Å². The van der Waals surface area contributed by atoms with Gasteiger partial charge < -0.3 is 85.6 Å². The van der Waals surface area contributed by atoms with Crippen molar-refractivity contribution < 1.29 is 78.9 Å². The Morgan fingerprint density at radius 1 is 0.947 bits per heavy atom. The molecule has 0 spiro atoms. The topological polar surface area (TPSA) is 314 Å². The number of carbonyl (C=O) groups is 2. The van der Waals surface area contributed by atoms with Crippen LogP contribution in [0.5, 0.6) is 34.5 Å². The summed E-state index contributed by atoms with van der Waals surface area (Å²) in [4.78, 5) is 29.4. The van der Waals surface area contributed by atoms with E-state index in [1.54, 1.807) is 6.92 Å². The van der Waals surface area contributed by atoms with Crippen LogP contribution in [0.3, 0.4) is 0 Å². The molecule has 12 N–H and O–H groups in total. The molecule has 20 nitrogen and oxygen atoms in total. The molecule has 0 unspecified atom stereocenters. The smallest absolute Gasteiger partial charge is 0.344 e. The van der Waals surface area contributed by atoms with Gasteiger partial charge in [0.15, 0.2) is 41.8 Å². The first-order chi connectivity index (χ1) is 27.3. The third-order valence-electron chi connectivity index (χ3n) is 8.50. The molecule has 57 heavy (non-hydrogen) atoms. The molecule has 1 fully saturated rings. The summed E-state index contributed by atoms with van der Waals surface area (Å²) in [7, 11) is 1.18. The van der Waals surface area contributed by atoms with E-state index in [-0.39, 0.29) is 54.2 Å². The maximum Gasteiger partial charge on any atom is 0.344 e. The molecule has 0 aliphatic carbocycles. The summed E-state index contributed by atoms with van der Waals surface area (Å²) in [5.41, 5.74) is 5.93. The maximum absolute atomic E-state index is 13.3. The van der Waals surface area contributed by atoms with Crippen molar-refractivity contribution in [2.75, 3.05) is 45.5 Å². The summed E-state index contributed by atoms with van der Waals surface area (Å²) in [5, 5.41) is 89.4. The Morgan fingerprint density at radius 3 is 2.33 bits per heavy atom. The van der Waals surface area contributed by atoms with Crippen molar-refractivity contribution in [2.45, 2.75) is 63.2 Å². The molecule has 0 saturated carbocycles. The molecule has 6 atom stereocenters. The maximum atomic E-state index is 13.3. The quantitative estimate of drug-likeness (QED) is 0.0239. The van der Waals surface area contributed by atoms with Gasteiger partial charge in [-0.15, -0.1) is 0 Å². The Hall–Kier alpha value is -5.77. The number of nitrogens with two attached hydrogens (primary N) is 1. The Labute approximate surface area is 326 Å². The lowest BCUT2D eigenvalue weighted by Gasteiger charge is -2.41. The molecule has 1 aliphatic heterocycles. The van der Waals surface area contributed by atoms with E-state index in [1.807, 2.05) is 30.3 Å². The van der Waals surface area contributed by atoms with Crippen LogP contribution in [0.4, 0.5) is 5.69 Å². The van der Waals surface area contributed by atoms with Crippen molar-refractivity contribution in [1.82, 2.24) is 5.32 Å². The molecule has 1 saturated heterocycles. The Morgan fingerprint density at radius 2 is 1.67 bits per heavy atom. The third-order valence-corrected chi connectivity index (χ3v) is 8.50. The average molecular weight is 805 g/mol. The number of nitrogens with one attached hydrogen (secondary N) is 2. The Kier molecular flexibility index (Phi) is 16.2. The summed E-state index contributed by atoms with van der Waals surface area (Å²) in [6.45, 7) is 1.91. The number of phenols is 2. The molecule has 0 amide bonds. The van der Waals surface area contributed by atoms with E-state index in [0.717, 1.165) is 17.7 Å². The van der Waals surface area contributed by atoms with Gasteiger partial charge in [-0.1, -0.05) is 30.3 Å². The zero-order chi connectivity index (χ0) is 41.6. The minimum atomic E-state index is -2.38. The Balaban J connectivity index is 1.55. The highest BCUT2D eigenvalue weighted by Gasteiger charge is 2.49. The molecule has 20 heteroatoms. The third kappa shape index (κ3) is 11.4. The summed E-state index contributed by atoms with van der Waals surface area (Å²) < 4.78 is 32.9. The first-order valence-electron chi connectivity index (χ1n) is 17.8. The normalized spacial score (nSPS) is 19.9. The number of aliphatic imine (C=N–C) groups is 1. The summed E-state index contributed by atoms with van der Waals surface area (Å²) >= 11 is 0. The molecular weight excluding hydrogens is 756 g/mol. The number of ether oxygens (including phenoxy) is 6. The van der Waals surface area contributed by atoms with Gasteiger partial charge in [-0.25, -0.2) is 14.6 Å². The van der Waals surface area contributed by atoms with Gasteiger partial charge >= 0.3 is 11.9 Å². The minimum Gasteiger partial charge on any atom is -0.504 e. The summed E-state index contributed by atoms with van der Waals surface area (Å²) in [5.74, 6) is -5.54. The van der Waals surface area contributed by atoms with Crippen LogP contribution in [-0.2, 0) is 15.9 Å². The molecule has 0 radical (unpaired) electrons. The monoisotopic (exact) mass is 804 g/mol. The van der Waals surface area contributed by atoms with Gasteiger partial charge in [-0.2, -0.15) is 0 Å². The van der Waals surface area contributed by atoms with Gasteiger partial charge in [-0.3, -0.25) is 0 Å². The van der Waals surface area contributed by atoms with E-state index in [4.69, 9.17) is 39.3 Å². The van der Waals surface area contributed by atoms with Crippen LogP contribution >= 0.6 is 0 Å². The second kappa shape index (κ2) is 20.9. The van der Waals surface area contributed by atoms with Gasteiger partial charge in [0.05, 0.1) is 25.0 Å². The number of hydrogen-bond donors (Lipinski definition) is 11. The van der Waals surface area contributed by atoms with Crippen molar-refractivity contribution >= 4 is 23.6 Å². The fourth-order valence-corrected chi connectivity index (χ4v) is 5.51. The lowest BCUT2D eigenvalue weighted by molar-refractivity contribution is -0.309. The minimum absolute atomic E-state index is 0.00642. The highest BCUT2D eigenvalue weighted by atomic mass is 16.7. The highest BCUT2D eigenvalue weighted by molar-refractivity contribution is 5.96. The average Bonchev–Trinajstić information content (AvgIpc) is 3.19. The molecular formula is C37H48N4O16. The van der Waals surface area contributed by atoms with Gasteiger partial charge in [0.1, 0.15) is 23.9 Å². The molecule has 4 rings (SSSR count). The van der Waals surface area contributed by atoms with Crippen LogP contribution in [-0.4, -0.2) is 136 Å². The number of methoxy groups -OCH3 is 1. The van der Waals surface area contributed by atoms with Gasteiger partial charge in [0, 0.05) is 44.3 Å². The molecule has 0 aromatic heterocycles. The van der Waals surface area contributed by atoms with Crippen molar-refractivity contribution in [1.29, 1.82) is 0 Å². The molecule has 3 aromatic rings. The van der Waals surface area contributed by atoms with E-state index < -0.39 is 78.5 Å². The fourth-order valence-electron chi connectivity index (χ4n) is 5.51. The summed E-state index contributed by atoms with van der Waals surface area (Å²) in [6, 6.07) is 12.4. The molecule has 3 aromatic carbocycles. The zero-order valence-electron chi connectivity index (χ0n) is 31.1. The number of rotatable bonds is 20. The number of carboxylic acid groups (broad SMARTS) is 1. The van der Waals surface area contributed by atoms with E-state index in [1.165, 1.54) is 13.2 Å². The van der Waals surface area contributed by atoms with Gasteiger partial charge in [0.25, 0.3) is 0 Å². The number of carbonyl (C=O) groups excluding carboxylic acids is 1.